The standard InChI is InChI=1S/C16H15ClN2O2S/c1-10-6-7-12(9-14(10)17)18-16(22)19-15(20)11-4-3-5-13(8-11)21-2/h3-9H,1-2H3,(H2,18,19,20,22). The van der Waals surface area contributed by atoms with Gasteiger partial charge in [-0.1, -0.05) is 23.7 Å². The van der Waals surface area contributed by atoms with Crippen LogP contribution in [0.3, 0.4) is 0 Å². The maximum Gasteiger partial charge on any atom is 0.257 e. The van der Waals surface area contributed by atoms with Crippen LogP contribution in [0.1, 0.15) is 15.9 Å². The van der Waals surface area contributed by atoms with Crippen LogP contribution in [0.4, 0.5) is 5.69 Å². The Balaban J connectivity index is 2.01. The highest BCUT2D eigenvalue weighted by Crippen LogP contribution is 2.20. The van der Waals surface area contributed by atoms with Gasteiger partial charge in [-0.25, -0.2) is 0 Å². The van der Waals surface area contributed by atoms with Gasteiger partial charge in [-0.15, -0.1) is 0 Å². The van der Waals surface area contributed by atoms with Crippen LogP contribution in [-0.4, -0.2) is 18.1 Å². The Bertz CT molecular complexity index is 719. The predicted octanol–water partition coefficient (Wildman–Crippen LogP) is 3.78. The minimum absolute atomic E-state index is 0.202. The molecule has 0 radical (unpaired) electrons. The average Bonchev–Trinajstić information content (AvgIpc) is 2.51. The van der Waals surface area contributed by atoms with Crippen LogP contribution in [0.2, 0.25) is 5.02 Å². The first-order valence-corrected chi connectivity index (χ1v) is 7.31. The Morgan fingerprint density at radius 2 is 2.00 bits per heavy atom. The third-order valence-electron chi connectivity index (χ3n) is 2.99. The minimum atomic E-state index is -0.311. The summed E-state index contributed by atoms with van der Waals surface area (Å²) < 4.78 is 5.09. The Morgan fingerprint density at radius 3 is 2.68 bits per heavy atom. The summed E-state index contributed by atoms with van der Waals surface area (Å²) in [5.41, 5.74) is 2.15. The zero-order valence-electron chi connectivity index (χ0n) is 12.1. The predicted molar refractivity (Wildman–Crippen MR) is 92.9 cm³/mol. The number of amides is 1. The Kier molecular flexibility index (Phi) is 5.35. The third-order valence-corrected chi connectivity index (χ3v) is 3.60. The number of hydrogen-bond acceptors (Lipinski definition) is 3. The van der Waals surface area contributed by atoms with E-state index in [-0.39, 0.29) is 11.0 Å². The maximum atomic E-state index is 12.1. The van der Waals surface area contributed by atoms with Crippen molar-refractivity contribution in [3.05, 3.63) is 58.6 Å². The Morgan fingerprint density at radius 1 is 1.23 bits per heavy atom. The van der Waals surface area contributed by atoms with Crippen LogP contribution in [0.15, 0.2) is 42.5 Å². The van der Waals surface area contributed by atoms with Crippen molar-refractivity contribution in [1.82, 2.24) is 5.32 Å². The van der Waals surface area contributed by atoms with Gasteiger partial charge in [-0.3, -0.25) is 10.1 Å². The SMILES string of the molecule is COc1cccc(C(=O)NC(=S)Nc2ccc(C)c(Cl)c2)c1. The van der Waals surface area contributed by atoms with E-state index in [0.717, 1.165) is 5.56 Å². The zero-order valence-corrected chi connectivity index (χ0v) is 13.7. The molecule has 0 fully saturated rings. The van der Waals surface area contributed by atoms with E-state index >= 15 is 0 Å². The Labute approximate surface area is 139 Å². The van der Waals surface area contributed by atoms with Gasteiger partial charge >= 0.3 is 0 Å². The molecule has 0 aliphatic heterocycles. The lowest BCUT2D eigenvalue weighted by atomic mass is 10.2. The second-order valence-electron chi connectivity index (χ2n) is 4.60. The molecule has 114 valence electrons. The highest BCUT2D eigenvalue weighted by molar-refractivity contribution is 7.80. The van der Waals surface area contributed by atoms with Crippen LogP contribution >= 0.6 is 23.8 Å². The molecule has 2 aromatic carbocycles. The number of methoxy groups -OCH3 is 1. The fraction of sp³-hybridized carbons (Fsp3) is 0.125. The lowest BCUT2D eigenvalue weighted by Gasteiger charge is -2.11. The molecule has 0 aromatic heterocycles. The van der Waals surface area contributed by atoms with E-state index in [1.807, 2.05) is 19.1 Å². The van der Waals surface area contributed by atoms with Crippen molar-refractivity contribution in [2.45, 2.75) is 6.92 Å². The number of aryl methyl sites for hydroxylation is 1. The van der Waals surface area contributed by atoms with Crippen molar-refractivity contribution < 1.29 is 9.53 Å². The van der Waals surface area contributed by atoms with E-state index in [9.17, 15) is 4.79 Å². The summed E-state index contributed by atoms with van der Waals surface area (Å²) in [6.07, 6.45) is 0. The van der Waals surface area contributed by atoms with Gasteiger partial charge < -0.3 is 10.1 Å². The average molecular weight is 335 g/mol. The number of ether oxygens (including phenoxy) is 1. The lowest BCUT2D eigenvalue weighted by molar-refractivity contribution is 0.0977. The number of carbonyl (C=O) groups is 1. The van der Waals surface area contributed by atoms with Crippen LogP contribution < -0.4 is 15.4 Å². The fourth-order valence-electron chi connectivity index (χ4n) is 1.77. The first-order valence-electron chi connectivity index (χ1n) is 6.52. The second kappa shape index (κ2) is 7.24. The molecule has 0 saturated heterocycles. The van der Waals surface area contributed by atoms with E-state index in [2.05, 4.69) is 10.6 Å². The van der Waals surface area contributed by atoms with Gasteiger partial charge in [-0.2, -0.15) is 0 Å². The molecule has 2 rings (SSSR count). The molecular weight excluding hydrogens is 320 g/mol. The van der Waals surface area contributed by atoms with Crippen molar-refractivity contribution in [2.75, 3.05) is 12.4 Å². The lowest BCUT2D eigenvalue weighted by Crippen LogP contribution is -2.34. The van der Waals surface area contributed by atoms with E-state index < -0.39 is 0 Å². The number of rotatable bonds is 3. The molecule has 4 nitrogen and oxygen atoms in total. The molecule has 1 amide bonds. The fourth-order valence-corrected chi connectivity index (χ4v) is 2.16. The first-order chi connectivity index (χ1) is 10.5. The molecule has 2 N–H and O–H groups in total. The van der Waals surface area contributed by atoms with Gasteiger partial charge in [0.25, 0.3) is 5.91 Å². The van der Waals surface area contributed by atoms with Crippen molar-refractivity contribution >= 4 is 40.5 Å². The zero-order chi connectivity index (χ0) is 16.1. The quantitative estimate of drug-likeness (QED) is 0.839. The summed E-state index contributed by atoms with van der Waals surface area (Å²) in [7, 11) is 1.55. The molecule has 0 saturated carbocycles. The van der Waals surface area contributed by atoms with Crippen molar-refractivity contribution in [3.8, 4) is 5.75 Å². The van der Waals surface area contributed by atoms with Gasteiger partial charge in [0.2, 0.25) is 0 Å². The number of halogens is 1. The molecular formula is C16H15ClN2O2S. The van der Waals surface area contributed by atoms with Gasteiger partial charge in [0.15, 0.2) is 5.11 Å². The molecule has 0 heterocycles. The molecule has 6 heteroatoms. The third kappa shape index (κ3) is 4.19. The number of carbonyl (C=O) groups excluding carboxylic acids is 1. The molecule has 22 heavy (non-hydrogen) atoms. The number of nitrogens with one attached hydrogen (secondary N) is 2. The summed E-state index contributed by atoms with van der Waals surface area (Å²) in [6, 6.07) is 12.3. The number of benzene rings is 2. The highest BCUT2D eigenvalue weighted by Gasteiger charge is 2.09. The van der Waals surface area contributed by atoms with Crippen LogP contribution in [0, 0.1) is 6.92 Å². The van der Waals surface area contributed by atoms with Crippen molar-refractivity contribution in [1.29, 1.82) is 0 Å². The summed E-state index contributed by atoms with van der Waals surface area (Å²) in [4.78, 5) is 12.1. The normalized spacial score (nSPS) is 9.95. The summed E-state index contributed by atoms with van der Waals surface area (Å²) >= 11 is 11.2. The molecule has 0 bridgehead atoms. The van der Waals surface area contributed by atoms with Crippen LogP contribution in [-0.2, 0) is 0 Å². The van der Waals surface area contributed by atoms with E-state index in [1.165, 1.54) is 0 Å². The van der Waals surface area contributed by atoms with Gasteiger partial charge in [0.1, 0.15) is 5.75 Å². The van der Waals surface area contributed by atoms with E-state index in [0.29, 0.717) is 22.0 Å². The van der Waals surface area contributed by atoms with Gasteiger partial charge in [-0.05, 0) is 55.0 Å². The van der Waals surface area contributed by atoms with Crippen molar-refractivity contribution in [2.24, 2.45) is 0 Å². The van der Waals surface area contributed by atoms with E-state index in [4.69, 9.17) is 28.6 Å². The molecule has 0 spiro atoms. The largest absolute Gasteiger partial charge is 0.497 e. The highest BCUT2D eigenvalue weighted by atomic mass is 35.5. The van der Waals surface area contributed by atoms with Crippen molar-refractivity contribution in [3.63, 3.8) is 0 Å². The van der Waals surface area contributed by atoms with E-state index in [1.54, 1.807) is 37.4 Å². The summed E-state index contributed by atoms with van der Waals surface area (Å²) in [5.74, 6) is 0.298. The molecule has 0 aliphatic carbocycles. The summed E-state index contributed by atoms with van der Waals surface area (Å²) in [6.45, 7) is 1.91. The molecule has 0 unspecified atom stereocenters. The number of anilines is 1. The van der Waals surface area contributed by atoms with Crippen LogP contribution in [0.5, 0.6) is 5.75 Å². The number of thiocarbonyl (C=S) groups is 1. The monoisotopic (exact) mass is 334 g/mol. The molecule has 0 atom stereocenters. The topological polar surface area (TPSA) is 50.4 Å². The molecule has 2 aromatic rings. The second-order valence-corrected chi connectivity index (χ2v) is 5.42. The first kappa shape index (κ1) is 16.3. The van der Waals surface area contributed by atoms with Gasteiger partial charge in [0.05, 0.1) is 7.11 Å². The number of hydrogen-bond donors (Lipinski definition) is 2. The Hall–Kier alpha value is -2.11. The summed E-state index contributed by atoms with van der Waals surface area (Å²) in [5, 5.41) is 6.37. The van der Waals surface area contributed by atoms with Gasteiger partial charge in [0, 0.05) is 16.3 Å². The van der Waals surface area contributed by atoms with Crippen LogP contribution in [0.25, 0.3) is 0 Å². The molecule has 0 aliphatic rings. The minimum Gasteiger partial charge on any atom is -0.497 e. The maximum absolute atomic E-state index is 12.1. The smallest absolute Gasteiger partial charge is 0.257 e.